The molecule has 2 heteroatoms. The molecule has 9 aromatic rings. The van der Waals surface area contributed by atoms with Crippen LogP contribution in [0.1, 0.15) is 0 Å². The van der Waals surface area contributed by atoms with E-state index >= 15 is 0 Å². The van der Waals surface area contributed by atoms with Gasteiger partial charge in [-0.25, -0.2) is 0 Å². The Balaban J connectivity index is 1.24. The molecular formula is C42H28N2. The predicted molar refractivity (Wildman–Crippen MR) is 186 cm³/mol. The van der Waals surface area contributed by atoms with E-state index in [2.05, 4.69) is 179 Å². The van der Waals surface area contributed by atoms with Crippen molar-refractivity contribution in [2.75, 3.05) is 0 Å². The topological polar surface area (TPSA) is 9.86 Å². The summed E-state index contributed by atoms with van der Waals surface area (Å²) >= 11 is 0. The Morgan fingerprint density at radius 2 is 0.636 bits per heavy atom. The Labute approximate surface area is 255 Å². The number of hydrogen-bond acceptors (Lipinski definition) is 0. The average molecular weight is 561 g/mol. The normalized spacial score (nSPS) is 11.6. The summed E-state index contributed by atoms with van der Waals surface area (Å²) in [4.78, 5) is 0. The van der Waals surface area contributed by atoms with Gasteiger partial charge in [0.2, 0.25) is 0 Å². The molecule has 44 heavy (non-hydrogen) atoms. The molecule has 0 saturated carbocycles. The lowest BCUT2D eigenvalue weighted by atomic mass is 10.0. The van der Waals surface area contributed by atoms with E-state index in [-0.39, 0.29) is 0 Å². The third kappa shape index (κ3) is 3.82. The second-order valence-corrected chi connectivity index (χ2v) is 11.4. The highest BCUT2D eigenvalue weighted by molar-refractivity contribution is 6.12. The van der Waals surface area contributed by atoms with Gasteiger partial charge in [0.25, 0.3) is 0 Å². The zero-order valence-electron chi connectivity index (χ0n) is 24.1. The van der Waals surface area contributed by atoms with Gasteiger partial charge in [-0.1, -0.05) is 121 Å². The average Bonchev–Trinajstić information content (AvgIpc) is 3.61. The summed E-state index contributed by atoms with van der Waals surface area (Å²) < 4.78 is 4.79. The number of aromatic nitrogens is 2. The van der Waals surface area contributed by atoms with E-state index in [0.29, 0.717) is 0 Å². The monoisotopic (exact) mass is 560 g/mol. The zero-order chi connectivity index (χ0) is 29.0. The summed E-state index contributed by atoms with van der Waals surface area (Å²) in [6.45, 7) is 0. The highest BCUT2D eigenvalue weighted by Crippen LogP contribution is 2.38. The van der Waals surface area contributed by atoms with Gasteiger partial charge in [0.15, 0.2) is 0 Å². The second-order valence-electron chi connectivity index (χ2n) is 11.4. The minimum Gasteiger partial charge on any atom is -0.309 e. The number of nitrogens with zero attached hydrogens (tertiary/aromatic N) is 2. The standard InChI is InChI=1S/C42H28N2/c1-3-11-29(12-4-1)30-19-23-34(24-20-30)44-40-18-10-8-16-36(40)38-26-22-32(28-42(38)44)31-21-25-37-35-15-7-9-17-39(35)43(41(37)27-31)33-13-5-2-6-14-33/h1-28H. The summed E-state index contributed by atoms with van der Waals surface area (Å²) in [5.74, 6) is 0. The molecule has 0 spiro atoms. The lowest BCUT2D eigenvalue weighted by Gasteiger charge is -2.11. The summed E-state index contributed by atoms with van der Waals surface area (Å²) in [5, 5.41) is 5.06. The van der Waals surface area contributed by atoms with Crippen LogP contribution in [0.15, 0.2) is 170 Å². The molecule has 0 aliphatic carbocycles. The Kier molecular flexibility index (Phi) is 5.54. The summed E-state index contributed by atoms with van der Waals surface area (Å²) in [6, 6.07) is 61.4. The Hall–Kier alpha value is -5.86. The fraction of sp³-hybridized carbons (Fsp3) is 0. The zero-order valence-corrected chi connectivity index (χ0v) is 24.1. The summed E-state index contributed by atoms with van der Waals surface area (Å²) in [5.41, 5.74) is 12.0. The maximum absolute atomic E-state index is 2.41. The molecule has 0 amide bonds. The maximum Gasteiger partial charge on any atom is 0.0547 e. The summed E-state index contributed by atoms with van der Waals surface area (Å²) in [6.07, 6.45) is 0. The molecule has 0 saturated heterocycles. The number of para-hydroxylation sites is 3. The molecule has 0 aliphatic heterocycles. The van der Waals surface area contributed by atoms with Crippen molar-refractivity contribution in [3.63, 3.8) is 0 Å². The van der Waals surface area contributed by atoms with Gasteiger partial charge >= 0.3 is 0 Å². The second kappa shape index (κ2) is 9.86. The van der Waals surface area contributed by atoms with Crippen molar-refractivity contribution in [3.05, 3.63) is 170 Å². The van der Waals surface area contributed by atoms with E-state index in [9.17, 15) is 0 Å². The molecule has 0 bridgehead atoms. The van der Waals surface area contributed by atoms with E-state index < -0.39 is 0 Å². The van der Waals surface area contributed by atoms with E-state index in [4.69, 9.17) is 0 Å². The summed E-state index contributed by atoms with van der Waals surface area (Å²) in [7, 11) is 0. The van der Waals surface area contributed by atoms with E-state index in [1.54, 1.807) is 0 Å². The van der Waals surface area contributed by atoms with Crippen molar-refractivity contribution >= 4 is 43.6 Å². The van der Waals surface area contributed by atoms with Gasteiger partial charge in [-0.05, 0) is 70.8 Å². The molecule has 9 rings (SSSR count). The van der Waals surface area contributed by atoms with Crippen molar-refractivity contribution in [2.45, 2.75) is 0 Å². The van der Waals surface area contributed by atoms with Crippen molar-refractivity contribution in [1.82, 2.24) is 9.13 Å². The van der Waals surface area contributed by atoms with E-state index in [0.717, 1.165) is 5.69 Å². The quantitative estimate of drug-likeness (QED) is 0.203. The van der Waals surface area contributed by atoms with Crippen LogP contribution in [-0.4, -0.2) is 9.13 Å². The van der Waals surface area contributed by atoms with Crippen LogP contribution < -0.4 is 0 Å². The molecule has 0 fully saturated rings. The van der Waals surface area contributed by atoms with Crippen LogP contribution in [0, 0.1) is 0 Å². The van der Waals surface area contributed by atoms with Crippen LogP contribution in [0.3, 0.4) is 0 Å². The minimum atomic E-state index is 1.16. The highest BCUT2D eigenvalue weighted by Gasteiger charge is 2.16. The van der Waals surface area contributed by atoms with Crippen LogP contribution in [-0.2, 0) is 0 Å². The lowest BCUT2D eigenvalue weighted by Crippen LogP contribution is -1.94. The molecule has 2 heterocycles. The SMILES string of the molecule is c1ccc(-c2ccc(-n3c4ccccc4c4ccc(-c5ccc6c7ccccc7n(-c7ccccc7)c6c5)cc43)cc2)cc1. The Morgan fingerprint density at radius 1 is 0.250 bits per heavy atom. The number of rotatable bonds is 4. The molecule has 2 nitrogen and oxygen atoms in total. The van der Waals surface area contributed by atoms with E-state index in [1.807, 2.05) is 0 Å². The highest BCUT2D eigenvalue weighted by atomic mass is 15.0. The first kappa shape index (κ1) is 24.7. The molecule has 206 valence electrons. The first-order valence-corrected chi connectivity index (χ1v) is 15.1. The van der Waals surface area contributed by atoms with Gasteiger partial charge in [-0.2, -0.15) is 0 Å². The molecular weight excluding hydrogens is 532 g/mol. The lowest BCUT2D eigenvalue weighted by molar-refractivity contribution is 1.18. The number of hydrogen-bond donors (Lipinski definition) is 0. The van der Waals surface area contributed by atoms with Gasteiger partial charge in [0.1, 0.15) is 0 Å². The van der Waals surface area contributed by atoms with Gasteiger partial charge < -0.3 is 9.13 Å². The first-order chi connectivity index (χ1) is 21.8. The van der Waals surface area contributed by atoms with Crippen molar-refractivity contribution in [2.24, 2.45) is 0 Å². The third-order valence-electron chi connectivity index (χ3n) is 8.93. The molecule has 0 atom stereocenters. The van der Waals surface area contributed by atoms with E-state index in [1.165, 1.54) is 71.6 Å². The largest absolute Gasteiger partial charge is 0.309 e. The van der Waals surface area contributed by atoms with Crippen LogP contribution in [0.5, 0.6) is 0 Å². The van der Waals surface area contributed by atoms with Gasteiger partial charge in [0, 0.05) is 32.9 Å². The predicted octanol–water partition coefficient (Wildman–Crippen LogP) is 11.2. The number of fused-ring (bicyclic) bond motifs is 6. The maximum atomic E-state index is 2.41. The first-order valence-electron chi connectivity index (χ1n) is 15.1. The molecule has 7 aromatic carbocycles. The van der Waals surface area contributed by atoms with Crippen molar-refractivity contribution in [1.29, 1.82) is 0 Å². The Bertz CT molecular complexity index is 2460. The molecule has 0 unspecified atom stereocenters. The van der Waals surface area contributed by atoms with Crippen LogP contribution in [0.2, 0.25) is 0 Å². The Morgan fingerprint density at radius 3 is 1.18 bits per heavy atom. The van der Waals surface area contributed by atoms with Crippen LogP contribution in [0.25, 0.3) is 77.2 Å². The molecule has 2 aromatic heterocycles. The fourth-order valence-corrected chi connectivity index (χ4v) is 6.87. The van der Waals surface area contributed by atoms with Gasteiger partial charge in [-0.15, -0.1) is 0 Å². The van der Waals surface area contributed by atoms with Gasteiger partial charge in [-0.3, -0.25) is 0 Å². The molecule has 0 aliphatic rings. The van der Waals surface area contributed by atoms with Crippen LogP contribution in [0.4, 0.5) is 0 Å². The molecule has 0 N–H and O–H groups in total. The molecule has 0 radical (unpaired) electrons. The van der Waals surface area contributed by atoms with Crippen molar-refractivity contribution in [3.8, 4) is 33.6 Å². The van der Waals surface area contributed by atoms with Gasteiger partial charge in [0.05, 0.1) is 22.1 Å². The fourth-order valence-electron chi connectivity index (χ4n) is 6.87. The van der Waals surface area contributed by atoms with Crippen molar-refractivity contribution < 1.29 is 0 Å². The third-order valence-corrected chi connectivity index (χ3v) is 8.93. The van der Waals surface area contributed by atoms with Crippen LogP contribution >= 0.6 is 0 Å². The minimum absolute atomic E-state index is 1.16. The smallest absolute Gasteiger partial charge is 0.0547 e. The number of benzene rings is 7.